The minimum Gasteiger partial charge on any atom is -0.363 e. The van der Waals surface area contributed by atoms with E-state index in [0.717, 1.165) is 60.8 Å². The van der Waals surface area contributed by atoms with E-state index in [1.807, 2.05) is 56.0 Å². The van der Waals surface area contributed by atoms with Crippen LogP contribution < -0.4 is 10.2 Å². The molecule has 1 saturated heterocycles. The number of rotatable bonds is 7. The Morgan fingerprint density at radius 1 is 1.23 bits per heavy atom. The number of H-pyrrole nitrogens is 1. The summed E-state index contributed by atoms with van der Waals surface area (Å²) >= 11 is 0. The molecule has 4 rings (SSSR count). The van der Waals surface area contributed by atoms with Gasteiger partial charge in [-0.25, -0.2) is 9.97 Å². The summed E-state index contributed by atoms with van der Waals surface area (Å²) in [5.41, 5.74) is 2.88. The lowest BCUT2D eigenvalue weighted by Crippen LogP contribution is -2.45. The lowest BCUT2D eigenvalue weighted by Gasteiger charge is -2.34. The first-order chi connectivity index (χ1) is 15.1. The van der Waals surface area contributed by atoms with E-state index in [0.29, 0.717) is 19.0 Å². The van der Waals surface area contributed by atoms with Crippen LogP contribution in [-0.4, -0.2) is 56.9 Å². The summed E-state index contributed by atoms with van der Waals surface area (Å²) in [4.78, 5) is 34.2. The summed E-state index contributed by atoms with van der Waals surface area (Å²) < 4.78 is 0. The molecule has 1 unspecified atom stereocenters. The minimum absolute atomic E-state index is 0.00437. The molecule has 1 atom stereocenters. The molecule has 3 aromatic rings. The number of carbonyl (C=O) groups is 1. The fourth-order valence-electron chi connectivity index (χ4n) is 4.20. The van der Waals surface area contributed by atoms with Gasteiger partial charge in [0, 0.05) is 37.9 Å². The van der Waals surface area contributed by atoms with Gasteiger partial charge in [0.05, 0.1) is 23.5 Å². The van der Waals surface area contributed by atoms with Crippen LogP contribution in [0.15, 0.2) is 30.3 Å². The Hall–Kier alpha value is -3.16. The maximum atomic E-state index is 12.8. The molecule has 1 amide bonds. The molecule has 0 aliphatic carbocycles. The van der Waals surface area contributed by atoms with E-state index in [1.54, 1.807) is 0 Å². The highest BCUT2D eigenvalue weighted by molar-refractivity contribution is 5.79. The number of amides is 1. The number of aryl methyl sites for hydroxylation is 1. The number of para-hydroxylation sites is 2. The molecule has 164 valence electrons. The number of imidazole rings is 1. The van der Waals surface area contributed by atoms with Crippen LogP contribution in [-0.2, 0) is 11.3 Å². The minimum atomic E-state index is 0.00437. The Morgan fingerprint density at radius 3 is 2.81 bits per heavy atom. The van der Waals surface area contributed by atoms with Crippen molar-refractivity contribution >= 4 is 28.7 Å². The summed E-state index contributed by atoms with van der Waals surface area (Å²) in [6.45, 7) is 9.63. The van der Waals surface area contributed by atoms with Gasteiger partial charge in [-0.15, -0.1) is 0 Å². The Bertz CT molecular complexity index is 1010. The molecule has 2 aromatic heterocycles. The zero-order valence-corrected chi connectivity index (χ0v) is 18.6. The maximum Gasteiger partial charge on any atom is 0.227 e. The van der Waals surface area contributed by atoms with E-state index in [9.17, 15) is 4.79 Å². The second-order valence-electron chi connectivity index (χ2n) is 8.04. The van der Waals surface area contributed by atoms with Gasteiger partial charge in [-0.05, 0) is 45.7 Å². The molecule has 1 aromatic carbocycles. The van der Waals surface area contributed by atoms with Crippen LogP contribution in [0.5, 0.6) is 0 Å². The van der Waals surface area contributed by atoms with E-state index in [2.05, 4.69) is 25.2 Å². The molecule has 0 spiro atoms. The van der Waals surface area contributed by atoms with Gasteiger partial charge < -0.3 is 20.1 Å². The van der Waals surface area contributed by atoms with Crippen LogP contribution >= 0.6 is 0 Å². The lowest BCUT2D eigenvalue weighted by molar-refractivity contribution is -0.135. The quantitative estimate of drug-likeness (QED) is 0.608. The predicted molar refractivity (Wildman–Crippen MR) is 123 cm³/mol. The number of anilines is 2. The van der Waals surface area contributed by atoms with Crippen molar-refractivity contribution in [3.8, 4) is 0 Å². The number of aromatic nitrogens is 4. The van der Waals surface area contributed by atoms with Crippen molar-refractivity contribution in [2.24, 2.45) is 5.92 Å². The number of fused-ring (bicyclic) bond motifs is 1. The average molecular weight is 422 g/mol. The average Bonchev–Trinajstić information content (AvgIpc) is 3.21. The number of aromatic amines is 1. The van der Waals surface area contributed by atoms with Gasteiger partial charge >= 0.3 is 0 Å². The molecule has 8 heteroatoms. The van der Waals surface area contributed by atoms with Crippen molar-refractivity contribution in [3.63, 3.8) is 0 Å². The van der Waals surface area contributed by atoms with Crippen molar-refractivity contribution in [2.75, 3.05) is 36.4 Å². The summed E-state index contributed by atoms with van der Waals surface area (Å²) in [6, 6.07) is 9.93. The molecule has 1 fully saturated rings. The Morgan fingerprint density at radius 2 is 2.03 bits per heavy atom. The van der Waals surface area contributed by atoms with Crippen molar-refractivity contribution in [1.29, 1.82) is 0 Å². The predicted octanol–water partition coefficient (Wildman–Crippen LogP) is 3.36. The Kier molecular flexibility index (Phi) is 6.34. The molecular formula is C23H31N7O. The fourth-order valence-corrected chi connectivity index (χ4v) is 4.20. The molecule has 31 heavy (non-hydrogen) atoms. The molecule has 1 aliphatic rings. The summed E-state index contributed by atoms with van der Waals surface area (Å²) in [5, 5.41) is 3.37. The fraction of sp³-hybridized carbons (Fsp3) is 0.478. The van der Waals surface area contributed by atoms with Crippen molar-refractivity contribution in [1.82, 2.24) is 24.8 Å². The van der Waals surface area contributed by atoms with Gasteiger partial charge in [0.1, 0.15) is 11.6 Å². The smallest absolute Gasteiger partial charge is 0.227 e. The molecule has 1 aliphatic heterocycles. The first kappa shape index (κ1) is 21.1. The van der Waals surface area contributed by atoms with Gasteiger partial charge in [0.2, 0.25) is 11.9 Å². The van der Waals surface area contributed by atoms with Crippen LogP contribution in [0.4, 0.5) is 11.8 Å². The highest BCUT2D eigenvalue weighted by atomic mass is 16.2. The number of hydrogen-bond acceptors (Lipinski definition) is 6. The maximum absolute atomic E-state index is 12.8. The number of nitrogens with zero attached hydrogens (tertiary/aromatic N) is 5. The summed E-state index contributed by atoms with van der Waals surface area (Å²) in [6.07, 6.45) is 1.89. The van der Waals surface area contributed by atoms with E-state index in [-0.39, 0.29) is 11.8 Å². The molecule has 0 saturated carbocycles. The van der Waals surface area contributed by atoms with Gasteiger partial charge in [0.15, 0.2) is 0 Å². The highest BCUT2D eigenvalue weighted by Gasteiger charge is 2.29. The third-order valence-electron chi connectivity index (χ3n) is 5.85. The first-order valence-corrected chi connectivity index (χ1v) is 11.1. The third-order valence-corrected chi connectivity index (χ3v) is 5.85. The molecule has 8 nitrogen and oxygen atoms in total. The number of piperidine rings is 1. The SMILES string of the molecule is CCN(CC)C(=O)C1CCCN(c2nc(C)cc(NCc3nc4ccccc4[nH]3)n2)C1. The highest BCUT2D eigenvalue weighted by Crippen LogP contribution is 2.24. The zero-order valence-electron chi connectivity index (χ0n) is 18.6. The number of hydrogen-bond donors (Lipinski definition) is 2. The number of carbonyl (C=O) groups excluding carboxylic acids is 1. The van der Waals surface area contributed by atoms with Gasteiger partial charge in [-0.2, -0.15) is 4.98 Å². The third kappa shape index (κ3) is 4.78. The van der Waals surface area contributed by atoms with E-state index < -0.39 is 0 Å². The standard InChI is InChI=1S/C23H31N7O/c1-4-29(5-2)22(31)17-9-8-12-30(15-17)23-25-16(3)13-20(28-23)24-14-21-26-18-10-6-7-11-19(18)27-21/h6-7,10-11,13,17H,4-5,8-9,12,14-15H2,1-3H3,(H,26,27)(H,24,25,28). The molecule has 0 bridgehead atoms. The largest absolute Gasteiger partial charge is 0.363 e. The second kappa shape index (κ2) is 9.32. The Labute approximate surface area is 183 Å². The van der Waals surface area contributed by atoms with Crippen molar-refractivity contribution < 1.29 is 4.79 Å². The molecule has 2 N–H and O–H groups in total. The van der Waals surface area contributed by atoms with Crippen LogP contribution in [0.2, 0.25) is 0 Å². The molecule has 0 radical (unpaired) electrons. The number of benzene rings is 1. The van der Waals surface area contributed by atoms with E-state index >= 15 is 0 Å². The zero-order chi connectivity index (χ0) is 21.8. The van der Waals surface area contributed by atoms with Crippen LogP contribution in [0.1, 0.15) is 38.2 Å². The second-order valence-corrected chi connectivity index (χ2v) is 8.04. The van der Waals surface area contributed by atoms with E-state index in [1.165, 1.54) is 0 Å². The normalized spacial score (nSPS) is 16.5. The van der Waals surface area contributed by atoms with Crippen molar-refractivity contribution in [2.45, 2.75) is 40.2 Å². The lowest BCUT2D eigenvalue weighted by atomic mass is 9.96. The van der Waals surface area contributed by atoms with E-state index in [4.69, 9.17) is 4.98 Å². The first-order valence-electron chi connectivity index (χ1n) is 11.1. The molecular weight excluding hydrogens is 390 g/mol. The number of nitrogens with one attached hydrogen (secondary N) is 2. The monoisotopic (exact) mass is 421 g/mol. The van der Waals surface area contributed by atoms with Gasteiger partial charge in [0.25, 0.3) is 0 Å². The Balaban J connectivity index is 1.46. The molecule has 3 heterocycles. The topological polar surface area (TPSA) is 90.0 Å². The summed E-state index contributed by atoms with van der Waals surface area (Å²) in [5.74, 6) is 2.56. The summed E-state index contributed by atoms with van der Waals surface area (Å²) in [7, 11) is 0. The van der Waals surface area contributed by atoms with Crippen LogP contribution in [0, 0.1) is 12.8 Å². The van der Waals surface area contributed by atoms with Crippen LogP contribution in [0.3, 0.4) is 0 Å². The van der Waals surface area contributed by atoms with Gasteiger partial charge in [-0.3, -0.25) is 4.79 Å². The van der Waals surface area contributed by atoms with Crippen LogP contribution in [0.25, 0.3) is 11.0 Å². The van der Waals surface area contributed by atoms with Crippen molar-refractivity contribution in [3.05, 3.63) is 41.9 Å². The van der Waals surface area contributed by atoms with Gasteiger partial charge in [-0.1, -0.05) is 12.1 Å².